The Kier molecular flexibility index (Phi) is 1.86. The highest BCUT2D eigenvalue weighted by molar-refractivity contribution is 6.31. The summed E-state index contributed by atoms with van der Waals surface area (Å²) in [5.41, 5.74) is 4.70. The van der Waals surface area contributed by atoms with E-state index in [0.29, 0.717) is 0 Å². The number of hydrogen-bond acceptors (Lipinski definition) is 5. The van der Waals surface area contributed by atoms with Crippen LogP contribution in [0.1, 0.15) is 0 Å². The zero-order valence-corrected chi connectivity index (χ0v) is 5.95. The molecule has 6 nitrogen and oxygen atoms in total. The molecular formula is C4H3ClN4O2. The van der Waals surface area contributed by atoms with Crippen molar-refractivity contribution in [2.45, 2.75) is 0 Å². The molecule has 2 N–H and O–H groups in total. The second-order valence-corrected chi connectivity index (χ2v) is 2.01. The van der Waals surface area contributed by atoms with E-state index in [1.165, 1.54) is 0 Å². The molecule has 1 aromatic heterocycles. The summed E-state index contributed by atoms with van der Waals surface area (Å²) in [6.07, 6.45) is 1.06. The van der Waals surface area contributed by atoms with E-state index < -0.39 is 10.6 Å². The molecule has 58 valence electrons. The molecule has 7 heteroatoms. The second-order valence-electron chi connectivity index (χ2n) is 1.66. The molecule has 0 atom stereocenters. The average Bonchev–Trinajstić information content (AvgIpc) is 1.85. The fraction of sp³-hybridized carbons (Fsp3) is 0. The summed E-state index contributed by atoms with van der Waals surface area (Å²) in [6.45, 7) is 0. The van der Waals surface area contributed by atoms with Crippen molar-refractivity contribution in [3.8, 4) is 0 Å². The summed E-state index contributed by atoms with van der Waals surface area (Å²) in [4.78, 5) is 16.3. The maximum atomic E-state index is 10.2. The molecule has 0 saturated carbocycles. The van der Waals surface area contributed by atoms with Gasteiger partial charge in [0, 0.05) is 0 Å². The van der Waals surface area contributed by atoms with Gasteiger partial charge in [0.15, 0.2) is 0 Å². The van der Waals surface area contributed by atoms with Crippen LogP contribution in [0.2, 0.25) is 5.15 Å². The molecule has 0 spiro atoms. The Bertz CT molecular complexity index is 282. The number of nitro groups is 1. The van der Waals surface area contributed by atoms with Crippen molar-refractivity contribution in [1.29, 1.82) is 0 Å². The van der Waals surface area contributed by atoms with E-state index >= 15 is 0 Å². The molecular weight excluding hydrogens is 172 g/mol. The Balaban J connectivity index is 3.32. The Morgan fingerprint density at radius 3 is 2.64 bits per heavy atom. The first-order chi connectivity index (χ1) is 5.13. The number of aromatic nitrogens is 2. The lowest BCUT2D eigenvalue weighted by molar-refractivity contribution is -0.384. The number of halogens is 1. The summed E-state index contributed by atoms with van der Waals surface area (Å²) in [6, 6.07) is 0. The van der Waals surface area contributed by atoms with E-state index in [4.69, 9.17) is 17.3 Å². The Labute approximate surface area is 66.2 Å². The van der Waals surface area contributed by atoms with Crippen LogP contribution < -0.4 is 5.73 Å². The summed E-state index contributed by atoms with van der Waals surface area (Å²) < 4.78 is 0. The molecule has 0 fully saturated rings. The normalized spacial score (nSPS) is 9.55. The van der Waals surface area contributed by atoms with Crippen LogP contribution in [0.5, 0.6) is 0 Å². The number of nitrogens with zero attached hydrogens (tertiary/aromatic N) is 3. The third-order valence-electron chi connectivity index (χ3n) is 0.988. The highest BCUT2D eigenvalue weighted by Crippen LogP contribution is 2.25. The first-order valence-electron chi connectivity index (χ1n) is 2.53. The van der Waals surface area contributed by atoms with Crippen LogP contribution in [-0.4, -0.2) is 14.9 Å². The molecule has 1 aromatic rings. The highest BCUT2D eigenvalue weighted by atomic mass is 35.5. The van der Waals surface area contributed by atoms with Crippen molar-refractivity contribution in [3.63, 3.8) is 0 Å². The molecule has 0 unspecified atom stereocenters. The second kappa shape index (κ2) is 2.67. The SMILES string of the molecule is Nc1ncnc(Cl)c1[N+](=O)[O-]. The van der Waals surface area contributed by atoms with E-state index in [9.17, 15) is 10.1 Å². The van der Waals surface area contributed by atoms with Crippen LogP contribution in [-0.2, 0) is 0 Å². The third kappa shape index (κ3) is 1.35. The van der Waals surface area contributed by atoms with E-state index in [1.807, 2.05) is 0 Å². The molecule has 0 radical (unpaired) electrons. The maximum Gasteiger partial charge on any atom is 0.348 e. The van der Waals surface area contributed by atoms with Gasteiger partial charge in [-0.15, -0.1) is 0 Å². The van der Waals surface area contributed by atoms with Gasteiger partial charge in [0.25, 0.3) is 0 Å². The minimum absolute atomic E-state index is 0.227. The fourth-order valence-corrected chi connectivity index (χ4v) is 0.748. The predicted octanol–water partition coefficient (Wildman–Crippen LogP) is 0.620. The van der Waals surface area contributed by atoms with Crippen molar-refractivity contribution >= 4 is 23.1 Å². The Morgan fingerprint density at radius 1 is 1.64 bits per heavy atom. The van der Waals surface area contributed by atoms with Gasteiger partial charge in [-0.3, -0.25) is 10.1 Å². The van der Waals surface area contributed by atoms with Crippen molar-refractivity contribution in [2.75, 3.05) is 5.73 Å². The lowest BCUT2D eigenvalue weighted by atomic mass is 10.5. The molecule has 1 heterocycles. The predicted molar refractivity (Wildman–Crippen MR) is 38.1 cm³/mol. The average molecular weight is 175 g/mol. The molecule has 0 amide bonds. The van der Waals surface area contributed by atoms with Crippen molar-refractivity contribution in [2.24, 2.45) is 0 Å². The van der Waals surface area contributed by atoms with Gasteiger partial charge in [-0.25, -0.2) is 9.97 Å². The van der Waals surface area contributed by atoms with Gasteiger partial charge >= 0.3 is 5.69 Å². The number of rotatable bonds is 1. The standard InChI is InChI=1S/C4H3ClN4O2/c5-3-2(9(10)11)4(6)8-1-7-3/h1H,(H2,6,7,8). The van der Waals surface area contributed by atoms with Crippen LogP contribution in [0.4, 0.5) is 11.5 Å². The van der Waals surface area contributed by atoms with Gasteiger partial charge in [-0.05, 0) is 0 Å². The van der Waals surface area contributed by atoms with Crippen LogP contribution in [0, 0.1) is 10.1 Å². The summed E-state index contributed by atoms with van der Waals surface area (Å²) in [7, 11) is 0. The molecule has 0 aromatic carbocycles. The van der Waals surface area contributed by atoms with Gasteiger partial charge in [-0.2, -0.15) is 0 Å². The van der Waals surface area contributed by atoms with Crippen molar-refractivity contribution < 1.29 is 4.92 Å². The first kappa shape index (κ1) is 7.67. The quantitative estimate of drug-likeness (QED) is 0.383. The maximum absolute atomic E-state index is 10.2. The van der Waals surface area contributed by atoms with E-state index in [0.717, 1.165) is 6.33 Å². The summed E-state index contributed by atoms with van der Waals surface area (Å²) >= 11 is 5.35. The third-order valence-corrected chi connectivity index (χ3v) is 1.27. The van der Waals surface area contributed by atoms with Gasteiger partial charge < -0.3 is 5.73 Å². The van der Waals surface area contributed by atoms with Crippen molar-refractivity contribution in [1.82, 2.24) is 9.97 Å². The zero-order chi connectivity index (χ0) is 8.43. The molecule has 0 aliphatic carbocycles. The number of anilines is 1. The molecule has 0 bridgehead atoms. The minimum atomic E-state index is -0.725. The lowest BCUT2D eigenvalue weighted by Gasteiger charge is -1.94. The van der Waals surface area contributed by atoms with Crippen molar-refractivity contribution in [3.05, 3.63) is 21.6 Å². The monoisotopic (exact) mass is 174 g/mol. The van der Waals surface area contributed by atoms with E-state index in [1.54, 1.807) is 0 Å². The van der Waals surface area contributed by atoms with Crippen LogP contribution in [0.15, 0.2) is 6.33 Å². The number of hydrogen-bond donors (Lipinski definition) is 1. The summed E-state index contributed by atoms with van der Waals surface area (Å²) in [5, 5.41) is 9.96. The first-order valence-corrected chi connectivity index (χ1v) is 2.91. The Hall–Kier alpha value is -1.43. The highest BCUT2D eigenvalue weighted by Gasteiger charge is 2.18. The van der Waals surface area contributed by atoms with E-state index in [-0.39, 0.29) is 11.0 Å². The Morgan fingerprint density at radius 2 is 2.27 bits per heavy atom. The topological polar surface area (TPSA) is 94.9 Å². The van der Waals surface area contributed by atoms with Crippen LogP contribution in [0.25, 0.3) is 0 Å². The lowest BCUT2D eigenvalue weighted by Crippen LogP contribution is -1.99. The largest absolute Gasteiger partial charge is 0.378 e. The molecule has 11 heavy (non-hydrogen) atoms. The molecule has 1 rings (SSSR count). The molecule has 0 aliphatic heterocycles. The zero-order valence-electron chi connectivity index (χ0n) is 5.19. The minimum Gasteiger partial charge on any atom is -0.378 e. The molecule has 0 saturated heterocycles. The number of nitrogen functional groups attached to an aromatic ring is 1. The van der Waals surface area contributed by atoms with E-state index in [2.05, 4.69) is 9.97 Å². The van der Waals surface area contributed by atoms with Crippen LogP contribution in [0.3, 0.4) is 0 Å². The van der Waals surface area contributed by atoms with Gasteiger partial charge in [0.2, 0.25) is 11.0 Å². The van der Waals surface area contributed by atoms with Gasteiger partial charge in [0.05, 0.1) is 4.92 Å². The smallest absolute Gasteiger partial charge is 0.348 e. The fourth-order valence-electron chi connectivity index (χ4n) is 0.539. The molecule has 0 aliphatic rings. The number of nitrogens with two attached hydrogens (primary N) is 1. The van der Waals surface area contributed by atoms with Gasteiger partial charge in [0.1, 0.15) is 6.33 Å². The van der Waals surface area contributed by atoms with Gasteiger partial charge in [-0.1, -0.05) is 11.6 Å². The summed E-state index contributed by atoms with van der Waals surface area (Å²) in [5.74, 6) is -0.227. The van der Waals surface area contributed by atoms with Crippen LogP contribution >= 0.6 is 11.6 Å².